The molecule has 2 aromatic rings. The number of sulfonamides is 1. The van der Waals surface area contributed by atoms with Crippen LogP contribution in [0.4, 0.5) is 5.69 Å². The zero-order valence-corrected chi connectivity index (χ0v) is 16.6. The van der Waals surface area contributed by atoms with E-state index in [4.69, 9.17) is 0 Å². The zero-order chi connectivity index (χ0) is 18.9. The van der Waals surface area contributed by atoms with Gasteiger partial charge in [0.05, 0.1) is 18.5 Å². The Kier molecular flexibility index (Phi) is 5.42. The van der Waals surface area contributed by atoms with Crippen LogP contribution in [-0.2, 0) is 10.0 Å². The van der Waals surface area contributed by atoms with E-state index >= 15 is 0 Å². The Bertz CT molecular complexity index is 952. The summed E-state index contributed by atoms with van der Waals surface area (Å²) in [5.74, 6) is -0.131. The largest absolute Gasteiger partial charge is 0.335 e. The molecule has 1 amide bonds. The standard InChI is InChI=1S/C15H14BrN3O5S2/c16-14-5-4-13(25-14)15(20)17-6-8-18(9-7-17)26(23,24)12-3-1-2-11(10-12)19(21)22/h1-5,10H,6-9H2. The lowest BCUT2D eigenvalue weighted by molar-refractivity contribution is -0.385. The van der Waals surface area contributed by atoms with E-state index in [0.29, 0.717) is 4.88 Å². The highest BCUT2D eigenvalue weighted by atomic mass is 79.9. The second kappa shape index (κ2) is 7.43. The van der Waals surface area contributed by atoms with E-state index in [1.807, 2.05) is 0 Å². The molecule has 1 saturated heterocycles. The smallest absolute Gasteiger partial charge is 0.270 e. The molecule has 0 saturated carbocycles. The fourth-order valence-corrected chi connectivity index (χ4v) is 5.44. The number of carbonyl (C=O) groups excluding carboxylic acids is 1. The molecule has 0 aliphatic carbocycles. The number of hydrogen-bond acceptors (Lipinski definition) is 6. The number of thiophene rings is 1. The number of halogens is 1. The Morgan fingerprint density at radius 2 is 1.85 bits per heavy atom. The number of hydrogen-bond donors (Lipinski definition) is 0. The van der Waals surface area contributed by atoms with Gasteiger partial charge in [-0.05, 0) is 34.1 Å². The van der Waals surface area contributed by atoms with Crippen LogP contribution in [0.5, 0.6) is 0 Å². The van der Waals surface area contributed by atoms with Crippen LogP contribution in [0.3, 0.4) is 0 Å². The van der Waals surface area contributed by atoms with E-state index in [2.05, 4.69) is 15.9 Å². The van der Waals surface area contributed by atoms with Crippen LogP contribution in [0, 0.1) is 10.1 Å². The third kappa shape index (κ3) is 3.80. The molecule has 138 valence electrons. The molecule has 0 atom stereocenters. The topological polar surface area (TPSA) is 101 Å². The third-order valence-electron chi connectivity index (χ3n) is 3.98. The van der Waals surface area contributed by atoms with Gasteiger partial charge in [-0.2, -0.15) is 4.31 Å². The molecular formula is C15H14BrN3O5S2. The van der Waals surface area contributed by atoms with Gasteiger partial charge in [-0.15, -0.1) is 11.3 Å². The van der Waals surface area contributed by atoms with Crippen LogP contribution in [0.15, 0.2) is 45.1 Å². The van der Waals surface area contributed by atoms with E-state index in [0.717, 1.165) is 9.85 Å². The fraction of sp³-hybridized carbons (Fsp3) is 0.267. The number of non-ortho nitro benzene ring substituents is 1. The van der Waals surface area contributed by atoms with E-state index < -0.39 is 14.9 Å². The number of amides is 1. The number of piperazine rings is 1. The van der Waals surface area contributed by atoms with Crippen molar-refractivity contribution < 1.29 is 18.1 Å². The van der Waals surface area contributed by atoms with E-state index in [9.17, 15) is 23.3 Å². The van der Waals surface area contributed by atoms with Gasteiger partial charge < -0.3 is 4.90 Å². The highest BCUT2D eigenvalue weighted by Crippen LogP contribution is 2.25. The molecule has 0 N–H and O–H groups in total. The van der Waals surface area contributed by atoms with Crippen molar-refractivity contribution in [3.8, 4) is 0 Å². The van der Waals surface area contributed by atoms with Crippen molar-refractivity contribution in [2.45, 2.75) is 4.90 Å². The summed E-state index contributed by atoms with van der Waals surface area (Å²) in [5, 5.41) is 10.9. The van der Waals surface area contributed by atoms with Crippen molar-refractivity contribution in [2.75, 3.05) is 26.2 Å². The summed E-state index contributed by atoms with van der Waals surface area (Å²) in [5.41, 5.74) is -0.275. The molecule has 8 nitrogen and oxygen atoms in total. The maximum absolute atomic E-state index is 12.7. The second-order valence-corrected chi connectivity index (χ2v) is 9.96. The Hall–Kier alpha value is -1.82. The monoisotopic (exact) mass is 459 g/mol. The average Bonchev–Trinajstić information content (AvgIpc) is 3.07. The van der Waals surface area contributed by atoms with Crippen LogP contribution in [0.1, 0.15) is 9.67 Å². The first-order chi connectivity index (χ1) is 12.3. The van der Waals surface area contributed by atoms with Gasteiger partial charge >= 0.3 is 0 Å². The predicted molar refractivity (Wildman–Crippen MR) is 99.8 cm³/mol. The molecule has 1 aromatic carbocycles. The molecule has 3 rings (SSSR count). The second-order valence-electron chi connectivity index (χ2n) is 5.55. The molecule has 1 aromatic heterocycles. The molecule has 26 heavy (non-hydrogen) atoms. The summed E-state index contributed by atoms with van der Waals surface area (Å²) in [6.45, 7) is 0.817. The van der Waals surface area contributed by atoms with Crippen LogP contribution in [0.25, 0.3) is 0 Å². The Morgan fingerprint density at radius 1 is 1.15 bits per heavy atom. The molecule has 0 radical (unpaired) electrons. The van der Waals surface area contributed by atoms with E-state index in [1.54, 1.807) is 17.0 Å². The van der Waals surface area contributed by atoms with Gasteiger partial charge in [-0.25, -0.2) is 8.42 Å². The minimum Gasteiger partial charge on any atom is -0.335 e. The van der Waals surface area contributed by atoms with Gasteiger partial charge in [-0.3, -0.25) is 14.9 Å². The number of nitrogens with zero attached hydrogens (tertiary/aromatic N) is 3. The van der Waals surface area contributed by atoms with Crippen molar-refractivity contribution in [2.24, 2.45) is 0 Å². The number of nitro benzene ring substituents is 1. The van der Waals surface area contributed by atoms with Crippen LogP contribution < -0.4 is 0 Å². The Balaban J connectivity index is 1.72. The third-order valence-corrected chi connectivity index (χ3v) is 7.48. The lowest BCUT2D eigenvalue weighted by atomic mass is 10.3. The molecule has 1 aliphatic rings. The first-order valence-corrected chi connectivity index (χ1v) is 10.6. The number of nitro groups is 1. The van der Waals surface area contributed by atoms with Gasteiger partial charge in [0.15, 0.2) is 0 Å². The van der Waals surface area contributed by atoms with E-state index in [-0.39, 0.29) is 42.7 Å². The summed E-state index contributed by atoms with van der Waals surface area (Å²) >= 11 is 4.64. The lowest BCUT2D eigenvalue weighted by Gasteiger charge is -2.33. The van der Waals surface area contributed by atoms with Crippen LogP contribution in [0.2, 0.25) is 0 Å². The maximum atomic E-state index is 12.7. The van der Waals surface area contributed by atoms with Gasteiger partial charge in [0.1, 0.15) is 0 Å². The molecular weight excluding hydrogens is 446 g/mol. The first kappa shape index (κ1) is 19.0. The predicted octanol–water partition coefficient (Wildman–Crippen LogP) is 2.57. The summed E-state index contributed by atoms with van der Waals surface area (Å²) in [6, 6.07) is 8.50. The van der Waals surface area contributed by atoms with Crippen LogP contribution in [-0.4, -0.2) is 54.6 Å². The van der Waals surface area contributed by atoms with Gasteiger partial charge in [-0.1, -0.05) is 6.07 Å². The molecule has 0 bridgehead atoms. The number of benzene rings is 1. The number of rotatable bonds is 4. The van der Waals surface area contributed by atoms with Gasteiger partial charge in [0, 0.05) is 38.3 Å². The molecule has 0 spiro atoms. The molecule has 0 unspecified atom stereocenters. The normalized spacial score (nSPS) is 15.8. The minimum atomic E-state index is -3.84. The van der Waals surface area contributed by atoms with Crippen molar-refractivity contribution in [3.63, 3.8) is 0 Å². The molecule has 2 heterocycles. The summed E-state index contributed by atoms with van der Waals surface area (Å²) in [7, 11) is -3.84. The minimum absolute atomic E-state index is 0.117. The highest BCUT2D eigenvalue weighted by Gasteiger charge is 2.31. The molecule has 1 fully saturated rings. The van der Waals surface area contributed by atoms with Crippen molar-refractivity contribution in [1.82, 2.24) is 9.21 Å². The zero-order valence-electron chi connectivity index (χ0n) is 13.4. The fourth-order valence-electron chi connectivity index (χ4n) is 2.62. The van der Waals surface area contributed by atoms with Gasteiger partial charge in [0.25, 0.3) is 11.6 Å². The first-order valence-electron chi connectivity index (χ1n) is 7.58. The summed E-state index contributed by atoms with van der Waals surface area (Å²) < 4.78 is 27.5. The van der Waals surface area contributed by atoms with Crippen molar-refractivity contribution in [1.29, 1.82) is 0 Å². The van der Waals surface area contributed by atoms with Crippen LogP contribution >= 0.6 is 27.3 Å². The summed E-state index contributed by atoms with van der Waals surface area (Å²) in [6.07, 6.45) is 0. The number of carbonyl (C=O) groups is 1. The SMILES string of the molecule is O=C(c1ccc(Br)s1)N1CCN(S(=O)(=O)c2cccc([N+](=O)[O-])c2)CC1. The summed E-state index contributed by atoms with van der Waals surface area (Å²) in [4.78, 5) is 24.7. The van der Waals surface area contributed by atoms with Crippen molar-refractivity contribution >= 4 is 48.9 Å². The quantitative estimate of drug-likeness (QED) is 0.516. The van der Waals surface area contributed by atoms with Gasteiger partial charge in [0.2, 0.25) is 10.0 Å². The lowest BCUT2D eigenvalue weighted by Crippen LogP contribution is -2.50. The van der Waals surface area contributed by atoms with Crippen molar-refractivity contribution in [3.05, 3.63) is 55.2 Å². The maximum Gasteiger partial charge on any atom is 0.270 e. The Labute approximate surface area is 162 Å². The Morgan fingerprint density at radius 3 is 2.42 bits per heavy atom. The molecule has 1 aliphatic heterocycles. The van der Waals surface area contributed by atoms with E-state index in [1.165, 1.54) is 33.8 Å². The average molecular weight is 460 g/mol. The highest BCUT2D eigenvalue weighted by molar-refractivity contribution is 9.11. The molecule has 11 heteroatoms.